The molecule has 0 spiro atoms. The largest absolute Gasteiger partial charge is 0.444 e. The molecule has 1 aliphatic heterocycles. The number of anilines is 2. The van der Waals surface area contributed by atoms with E-state index in [2.05, 4.69) is 15.5 Å². The van der Waals surface area contributed by atoms with Gasteiger partial charge in [-0.2, -0.15) is 0 Å². The fourth-order valence-corrected chi connectivity index (χ4v) is 2.56. The molecule has 23 heavy (non-hydrogen) atoms. The molecule has 0 atom stereocenters. The van der Waals surface area contributed by atoms with Crippen molar-refractivity contribution in [1.82, 2.24) is 15.1 Å². The van der Waals surface area contributed by atoms with Crippen LogP contribution in [0.5, 0.6) is 0 Å². The zero-order valence-electron chi connectivity index (χ0n) is 13.8. The molecule has 0 radical (unpaired) electrons. The minimum Gasteiger partial charge on any atom is -0.444 e. The Morgan fingerprint density at radius 2 is 2.09 bits per heavy atom. The lowest BCUT2D eigenvalue weighted by atomic mass is 9.97. The molecule has 0 bridgehead atoms. The van der Waals surface area contributed by atoms with Gasteiger partial charge in [0, 0.05) is 25.7 Å². The molecule has 0 aromatic carbocycles. The molecule has 0 aliphatic carbocycles. The maximum absolute atomic E-state index is 12.0. The minimum absolute atomic E-state index is 0.239. The summed E-state index contributed by atoms with van der Waals surface area (Å²) >= 11 is 5.73. The van der Waals surface area contributed by atoms with E-state index >= 15 is 0 Å². The molecule has 3 N–H and O–H groups in total. The summed E-state index contributed by atoms with van der Waals surface area (Å²) in [7, 11) is 0. The van der Waals surface area contributed by atoms with Crippen LogP contribution in [0.4, 0.5) is 16.3 Å². The van der Waals surface area contributed by atoms with Crippen LogP contribution in [0.3, 0.4) is 0 Å². The number of nitrogen functional groups attached to an aromatic ring is 1. The lowest BCUT2D eigenvalue weighted by Crippen LogP contribution is -2.42. The van der Waals surface area contributed by atoms with Crippen LogP contribution in [0.25, 0.3) is 0 Å². The summed E-state index contributed by atoms with van der Waals surface area (Å²) in [5, 5.41) is 11.2. The zero-order chi connectivity index (χ0) is 17.0. The van der Waals surface area contributed by atoms with Crippen molar-refractivity contribution in [3.8, 4) is 0 Å². The monoisotopic (exact) mass is 341 g/mol. The van der Waals surface area contributed by atoms with Crippen molar-refractivity contribution in [2.45, 2.75) is 39.2 Å². The van der Waals surface area contributed by atoms with Crippen LogP contribution in [0.15, 0.2) is 6.07 Å². The average molecular weight is 342 g/mol. The molecule has 128 valence electrons. The summed E-state index contributed by atoms with van der Waals surface area (Å²) < 4.78 is 5.39. The first-order valence-corrected chi connectivity index (χ1v) is 8.13. The van der Waals surface area contributed by atoms with Crippen LogP contribution < -0.4 is 11.1 Å². The van der Waals surface area contributed by atoms with E-state index in [4.69, 9.17) is 22.1 Å². The number of nitrogens with one attached hydrogen (secondary N) is 1. The number of nitrogens with zero attached hydrogens (tertiary/aromatic N) is 3. The topological polar surface area (TPSA) is 93.4 Å². The van der Waals surface area contributed by atoms with Crippen molar-refractivity contribution in [3.63, 3.8) is 0 Å². The third-order valence-electron chi connectivity index (χ3n) is 3.62. The van der Waals surface area contributed by atoms with Gasteiger partial charge in [0.25, 0.3) is 0 Å². The highest BCUT2D eigenvalue weighted by Crippen LogP contribution is 2.22. The van der Waals surface area contributed by atoms with Crippen molar-refractivity contribution in [2.24, 2.45) is 5.92 Å². The predicted octanol–water partition coefficient (Wildman–Crippen LogP) is 2.77. The van der Waals surface area contributed by atoms with Gasteiger partial charge in [-0.3, -0.25) is 0 Å². The van der Waals surface area contributed by atoms with E-state index in [-0.39, 0.29) is 11.2 Å². The molecule has 2 heterocycles. The molecule has 0 saturated carbocycles. The number of aromatic nitrogens is 2. The molecule has 1 aliphatic rings. The molecule has 1 saturated heterocycles. The van der Waals surface area contributed by atoms with E-state index in [1.54, 1.807) is 11.0 Å². The van der Waals surface area contributed by atoms with Gasteiger partial charge < -0.3 is 20.7 Å². The second-order valence-corrected chi connectivity index (χ2v) is 7.15. The average Bonchev–Trinajstić information content (AvgIpc) is 2.45. The SMILES string of the molecule is CC(C)(C)OC(=O)N1CCC(CNc2nnc(Cl)cc2N)CC1. The van der Waals surface area contributed by atoms with Crippen molar-refractivity contribution in [1.29, 1.82) is 0 Å². The van der Waals surface area contributed by atoms with Crippen LogP contribution >= 0.6 is 11.6 Å². The molecular weight excluding hydrogens is 318 g/mol. The van der Waals surface area contributed by atoms with Crippen LogP contribution in [0, 0.1) is 5.92 Å². The summed E-state index contributed by atoms with van der Waals surface area (Å²) in [5.74, 6) is 0.995. The van der Waals surface area contributed by atoms with Crippen LogP contribution in [0.1, 0.15) is 33.6 Å². The molecule has 1 aromatic heterocycles. The number of nitrogens with two attached hydrogens (primary N) is 1. The summed E-state index contributed by atoms with van der Waals surface area (Å²) in [6.07, 6.45) is 1.58. The van der Waals surface area contributed by atoms with Gasteiger partial charge >= 0.3 is 6.09 Å². The van der Waals surface area contributed by atoms with Gasteiger partial charge in [0.05, 0.1) is 5.69 Å². The first-order chi connectivity index (χ1) is 10.7. The Hall–Kier alpha value is -1.76. The Kier molecular flexibility index (Phi) is 5.51. The Morgan fingerprint density at radius 1 is 1.43 bits per heavy atom. The number of rotatable bonds is 3. The number of amides is 1. The molecule has 1 amide bonds. The second-order valence-electron chi connectivity index (χ2n) is 6.76. The number of hydrogen-bond donors (Lipinski definition) is 2. The highest BCUT2D eigenvalue weighted by molar-refractivity contribution is 6.29. The highest BCUT2D eigenvalue weighted by Gasteiger charge is 2.26. The third kappa shape index (κ3) is 5.42. The first-order valence-electron chi connectivity index (χ1n) is 7.75. The van der Waals surface area contributed by atoms with Crippen LogP contribution in [0.2, 0.25) is 5.15 Å². The number of likely N-dealkylation sites (tertiary alicyclic amines) is 1. The van der Waals surface area contributed by atoms with Crippen molar-refractivity contribution < 1.29 is 9.53 Å². The Bertz CT molecular complexity index is 553. The van der Waals surface area contributed by atoms with Gasteiger partial charge in [0.1, 0.15) is 5.60 Å². The summed E-state index contributed by atoms with van der Waals surface area (Å²) in [6.45, 7) is 7.76. The molecule has 2 rings (SSSR count). The Balaban J connectivity index is 1.77. The molecule has 1 fully saturated rings. The van der Waals surface area contributed by atoms with Gasteiger partial charge in [0.2, 0.25) is 0 Å². The van der Waals surface area contributed by atoms with E-state index in [1.165, 1.54) is 0 Å². The maximum atomic E-state index is 12.0. The first kappa shape index (κ1) is 17.6. The van der Waals surface area contributed by atoms with Gasteiger partial charge in [-0.15, -0.1) is 10.2 Å². The van der Waals surface area contributed by atoms with Crippen molar-refractivity contribution in [3.05, 3.63) is 11.2 Å². The van der Waals surface area contributed by atoms with Crippen LogP contribution in [-0.4, -0.2) is 46.4 Å². The van der Waals surface area contributed by atoms with E-state index in [9.17, 15) is 4.79 Å². The lowest BCUT2D eigenvalue weighted by molar-refractivity contribution is 0.0188. The van der Waals surface area contributed by atoms with E-state index in [1.807, 2.05) is 20.8 Å². The maximum Gasteiger partial charge on any atom is 0.410 e. The molecule has 7 nitrogen and oxygen atoms in total. The van der Waals surface area contributed by atoms with Crippen molar-refractivity contribution in [2.75, 3.05) is 30.7 Å². The predicted molar refractivity (Wildman–Crippen MR) is 90.5 cm³/mol. The van der Waals surface area contributed by atoms with Gasteiger partial charge in [-0.1, -0.05) is 11.6 Å². The standard InChI is InChI=1S/C15H24ClN5O2/c1-15(2,3)23-14(22)21-6-4-10(5-7-21)9-18-13-11(17)8-12(16)19-20-13/h8,10H,4-7,9H2,1-3H3,(H2,17,19)(H,18,20). The third-order valence-corrected chi connectivity index (χ3v) is 3.80. The Morgan fingerprint density at radius 3 is 2.65 bits per heavy atom. The number of hydrogen-bond acceptors (Lipinski definition) is 6. The number of carbonyl (C=O) groups is 1. The summed E-state index contributed by atoms with van der Waals surface area (Å²) in [5.41, 5.74) is 5.86. The number of carbonyl (C=O) groups excluding carboxylic acids is 1. The molecule has 1 aromatic rings. The normalized spacial score (nSPS) is 16.3. The number of ether oxygens (including phenoxy) is 1. The van der Waals surface area contributed by atoms with Crippen molar-refractivity contribution >= 4 is 29.2 Å². The zero-order valence-corrected chi connectivity index (χ0v) is 14.6. The van der Waals surface area contributed by atoms with E-state index in [0.29, 0.717) is 30.5 Å². The van der Waals surface area contributed by atoms with Gasteiger partial charge in [-0.05, 0) is 39.5 Å². The summed E-state index contributed by atoms with van der Waals surface area (Å²) in [4.78, 5) is 13.8. The summed E-state index contributed by atoms with van der Waals surface area (Å²) in [6, 6.07) is 1.57. The quantitative estimate of drug-likeness (QED) is 0.878. The van der Waals surface area contributed by atoms with Gasteiger partial charge in [-0.25, -0.2) is 4.79 Å². The number of piperidine rings is 1. The van der Waals surface area contributed by atoms with Gasteiger partial charge in [0.15, 0.2) is 11.0 Å². The lowest BCUT2D eigenvalue weighted by Gasteiger charge is -2.33. The smallest absolute Gasteiger partial charge is 0.410 e. The molecule has 0 unspecified atom stereocenters. The van der Waals surface area contributed by atoms with E-state index < -0.39 is 5.60 Å². The Labute approximate surface area is 141 Å². The molecular formula is C15H24ClN5O2. The fourth-order valence-electron chi connectivity index (χ4n) is 2.41. The number of halogens is 1. The molecule has 8 heteroatoms. The minimum atomic E-state index is -0.458. The highest BCUT2D eigenvalue weighted by atomic mass is 35.5. The van der Waals surface area contributed by atoms with Crippen LogP contribution in [-0.2, 0) is 4.74 Å². The van der Waals surface area contributed by atoms with E-state index in [0.717, 1.165) is 19.4 Å². The fraction of sp³-hybridized carbons (Fsp3) is 0.667. The second kappa shape index (κ2) is 7.21.